The molecule has 1 heterocycles. The van der Waals surface area contributed by atoms with Gasteiger partial charge in [-0.1, -0.05) is 23.2 Å². The van der Waals surface area contributed by atoms with E-state index in [1.165, 1.54) is 4.90 Å². The van der Waals surface area contributed by atoms with Crippen molar-refractivity contribution in [3.8, 4) is 0 Å². The van der Waals surface area contributed by atoms with Crippen LogP contribution < -0.4 is 10.2 Å². The molecule has 0 radical (unpaired) electrons. The van der Waals surface area contributed by atoms with Crippen LogP contribution >= 0.6 is 23.2 Å². The van der Waals surface area contributed by atoms with E-state index < -0.39 is 23.6 Å². The van der Waals surface area contributed by atoms with Gasteiger partial charge in [-0.2, -0.15) is 13.2 Å². The Bertz CT molecular complexity index is 885. The van der Waals surface area contributed by atoms with E-state index in [0.29, 0.717) is 10.7 Å². The van der Waals surface area contributed by atoms with Crippen LogP contribution in [0.15, 0.2) is 42.5 Å². The molecule has 1 atom stereocenters. The van der Waals surface area contributed by atoms with Crippen LogP contribution in [0.1, 0.15) is 12.0 Å². The van der Waals surface area contributed by atoms with Crippen LogP contribution in [0.5, 0.6) is 0 Å². The molecule has 0 aliphatic carbocycles. The molecule has 142 valence electrons. The smallest absolute Gasteiger partial charge is 0.324 e. The molecule has 2 aromatic carbocycles. The molecule has 1 aliphatic heterocycles. The van der Waals surface area contributed by atoms with Crippen molar-refractivity contribution in [3.63, 3.8) is 0 Å². The van der Waals surface area contributed by atoms with E-state index in [4.69, 9.17) is 23.2 Å². The third kappa shape index (κ3) is 4.36. The van der Waals surface area contributed by atoms with E-state index >= 15 is 0 Å². The summed E-state index contributed by atoms with van der Waals surface area (Å²) in [6, 6.07) is 9.24. The van der Waals surface area contributed by atoms with Crippen molar-refractivity contribution < 1.29 is 22.8 Å². The fourth-order valence-electron chi connectivity index (χ4n) is 2.79. The summed E-state index contributed by atoms with van der Waals surface area (Å²) in [5, 5.41) is 2.89. The number of hydrogen-bond donors (Lipinski definition) is 1. The van der Waals surface area contributed by atoms with E-state index in [0.717, 1.165) is 18.2 Å². The van der Waals surface area contributed by atoms with Crippen molar-refractivity contribution in [3.05, 3.63) is 58.1 Å². The molecule has 0 spiro atoms. The highest BCUT2D eigenvalue weighted by Crippen LogP contribution is 2.34. The summed E-state index contributed by atoms with van der Waals surface area (Å²) in [4.78, 5) is 26.1. The average Bonchev–Trinajstić information content (AvgIpc) is 2.98. The van der Waals surface area contributed by atoms with Gasteiger partial charge in [0, 0.05) is 23.7 Å². The van der Waals surface area contributed by atoms with Crippen LogP contribution in [0.2, 0.25) is 10.0 Å². The van der Waals surface area contributed by atoms with Crippen molar-refractivity contribution in [2.24, 2.45) is 5.92 Å². The van der Waals surface area contributed by atoms with Crippen LogP contribution in [0.3, 0.4) is 0 Å². The quantitative estimate of drug-likeness (QED) is 0.764. The number of rotatable bonds is 3. The fourth-order valence-corrected chi connectivity index (χ4v) is 3.08. The van der Waals surface area contributed by atoms with E-state index in [9.17, 15) is 22.8 Å². The Morgan fingerprint density at radius 3 is 2.41 bits per heavy atom. The molecule has 1 aliphatic rings. The van der Waals surface area contributed by atoms with E-state index in [1.807, 2.05) is 0 Å². The maximum atomic E-state index is 12.8. The Morgan fingerprint density at radius 2 is 1.78 bits per heavy atom. The number of hydrogen-bond acceptors (Lipinski definition) is 2. The van der Waals surface area contributed by atoms with Gasteiger partial charge in [0.2, 0.25) is 11.8 Å². The number of nitrogens with zero attached hydrogens (tertiary/aromatic N) is 1. The average molecular weight is 417 g/mol. The molecule has 2 aromatic rings. The number of amides is 2. The van der Waals surface area contributed by atoms with Gasteiger partial charge >= 0.3 is 6.18 Å². The van der Waals surface area contributed by atoms with E-state index in [2.05, 4.69) is 5.32 Å². The summed E-state index contributed by atoms with van der Waals surface area (Å²) in [5.74, 6) is -1.53. The first-order chi connectivity index (χ1) is 12.6. The number of halogens is 5. The number of benzene rings is 2. The highest BCUT2D eigenvalue weighted by atomic mass is 35.5. The zero-order chi connectivity index (χ0) is 19.8. The second kappa shape index (κ2) is 7.40. The second-order valence-electron chi connectivity index (χ2n) is 6.06. The lowest BCUT2D eigenvalue weighted by Crippen LogP contribution is -2.28. The van der Waals surface area contributed by atoms with E-state index in [1.54, 1.807) is 24.3 Å². The van der Waals surface area contributed by atoms with Crippen molar-refractivity contribution in [2.75, 3.05) is 16.8 Å². The van der Waals surface area contributed by atoms with Gasteiger partial charge in [0.15, 0.2) is 0 Å². The summed E-state index contributed by atoms with van der Waals surface area (Å²) in [6.07, 6.45) is -4.61. The van der Waals surface area contributed by atoms with Gasteiger partial charge in [0.05, 0.1) is 22.2 Å². The number of nitrogens with one attached hydrogen (secondary N) is 1. The second-order valence-corrected chi connectivity index (χ2v) is 6.91. The van der Waals surface area contributed by atoms with Crippen LogP contribution in [-0.4, -0.2) is 18.4 Å². The number of alkyl halides is 3. The minimum Gasteiger partial charge on any atom is -0.324 e. The van der Waals surface area contributed by atoms with Crippen molar-refractivity contribution in [1.82, 2.24) is 0 Å². The van der Waals surface area contributed by atoms with Crippen LogP contribution in [-0.2, 0) is 15.8 Å². The first kappa shape index (κ1) is 19.5. The first-order valence-electron chi connectivity index (χ1n) is 7.88. The first-order valence-corrected chi connectivity index (χ1v) is 8.64. The standard InChI is InChI=1S/C18H13Cl2F3N2O2/c19-12-2-4-13(5-3-12)25-9-10(7-16(25)26)17(27)24-15-8-11(18(21,22)23)1-6-14(15)20/h1-6,8,10H,7,9H2,(H,24,27)/t10-/m1/s1. The molecular weight excluding hydrogens is 404 g/mol. The highest BCUT2D eigenvalue weighted by molar-refractivity contribution is 6.33. The van der Waals surface area contributed by atoms with Crippen LogP contribution in [0.4, 0.5) is 24.5 Å². The lowest BCUT2D eigenvalue weighted by molar-refractivity contribution is -0.137. The Hall–Kier alpha value is -2.25. The normalized spacial score (nSPS) is 17.3. The van der Waals surface area contributed by atoms with Crippen molar-refractivity contribution in [2.45, 2.75) is 12.6 Å². The molecule has 1 saturated heterocycles. The summed E-state index contributed by atoms with van der Waals surface area (Å²) in [7, 11) is 0. The molecule has 4 nitrogen and oxygen atoms in total. The molecule has 27 heavy (non-hydrogen) atoms. The number of carbonyl (C=O) groups excluding carboxylic acids is 2. The zero-order valence-electron chi connectivity index (χ0n) is 13.7. The molecule has 0 aromatic heterocycles. The molecule has 2 amide bonds. The molecule has 9 heteroatoms. The fraction of sp³-hybridized carbons (Fsp3) is 0.222. The maximum absolute atomic E-state index is 12.8. The lowest BCUT2D eigenvalue weighted by Gasteiger charge is -2.17. The predicted octanol–water partition coefficient (Wildman–Crippen LogP) is 5.00. The summed E-state index contributed by atoms with van der Waals surface area (Å²) in [5.41, 5.74) is -0.474. The summed E-state index contributed by atoms with van der Waals surface area (Å²) >= 11 is 11.7. The van der Waals surface area contributed by atoms with Gasteiger partial charge in [0.25, 0.3) is 0 Å². The third-order valence-electron chi connectivity index (χ3n) is 4.19. The molecule has 0 bridgehead atoms. The number of carbonyl (C=O) groups is 2. The van der Waals surface area contributed by atoms with Crippen molar-refractivity contribution >= 4 is 46.4 Å². The molecule has 0 saturated carbocycles. The summed E-state index contributed by atoms with van der Waals surface area (Å²) in [6.45, 7) is 0.114. The van der Waals surface area contributed by atoms with Crippen LogP contribution in [0.25, 0.3) is 0 Å². The highest BCUT2D eigenvalue weighted by Gasteiger charge is 2.36. The third-order valence-corrected chi connectivity index (χ3v) is 4.77. The van der Waals surface area contributed by atoms with E-state index in [-0.39, 0.29) is 29.6 Å². The Kier molecular flexibility index (Phi) is 5.35. The predicted molar refractivity (Wildman–Crippen MR) is 97.0 cm³/mol. The Balaban J connectivity index is 1.74. The summed E-state index contributed by atoms with van der Waals surface area (Å²) < 4.78 is 38.5. The van der Waals surface area contributed by atoms with Gasteiger partial charge in [-0.05, 0) is 42.5 Å². The van der Waals surface area contributed by atoms with Gasteiger partial charge in [-0.25, -0.2) is 0 Å². The minimum atomic E-state index is -4.56. The number of anilines is 2. The molecule has 3 rings (SSSR count). The maximum Gasteiger partial charge on any atom is 0.416 e. The SMILES string of the molecule is O=C(Nc1cc(C(F)(F)F)ccc1Cl)[C@@H]1CC(=O)N(c2ccc(Cl)cc2)C1. The molecule has 0 unspecified atom stereocenters. The van der Waals surface area contributed by atoms with Crippen molar-refractivity contribution in [1.29, 1.82) is 0 Å². The molecular formula is C18H13Cl2F3N2O2. The Labute approximate surface area is 162 Å². The zero-order valence-corrected chi connectivity index (χ0v) is 15.2. The van der Waals surface area contributed by atoms with Crippen LogP contribution in [0, 0.1) is 5.92 Å². The van der Waals surface area contributed by atoms with Gasteiger partial charge in [-0.15, -0.1) is 0 Å². The van der Waals surface area contributed by atoms with Gasteiger partial charge in [-0.3, -0.25) is 9.59 Å². The van der Waals surface area contributed by atoms with Gasteiger partial charge < -0.3 is 10.2 Å². The molecule has 1 N–H and O–H groups in total. The van der Waals surface area contributed by atoms with Gasteiger partial charge in [0.1, 0.15) is 0 Å². The molecule has 1 fully saturated rings. The minimum absolute atomic E-state index is 0.0183. The monoisotopic (exact) mass is 416 g/mol. The lowest BCUT2D eigenvalue weighted by atomic mass is 10.1. The topological polar surface area (TPSA) is 49.4 Å². The Morgan fingerprint density at radius 1 is 1.11 bits per heavy atom. The largest absolute Gasteiger partial charge is 0.416 e.